The first-order chi connectivity index (χ1) is 8.27. The molecule has 0 bridgehead atoms. The Balaban J connectivity index is 2.50. The van der Waals surface area contributed by atoms with Gasteiger partial charge in [0.05, 0.1) is 0 Å². The minimum Gasteiger partial charge on any atom is -0.382 e. The zero-order valence-corrected chi connectivity index (χ0v) is 11.5. The van der Waals surface area contributed by atoms with Crippen LogP contribution in [0.25, 0.3) is 0 Å². The lowest BCUT2D eigenvalue weighted by Crippen LogP contribution is -2.32. The van der Waals surface area contributed by atoms with Crippen molar-refractivity contribution in [3.8, 4) is 0 Å². The highest BCUT2D eigenvalue weighted by molar-refractivity contribution is 6.31. The second kappa shape index (κ2) is 8.51. The molecule has 1 unspecified atom stereocenters. The molecule has 0 radical (unpaired) electrons. The van der Waals surface area contributed by atoms with Gasteiger partial charge in [0.25, 0.3) is 0 Å². The lowest BCUT2D eigenvalue weighted by Gasteiger charge is -2.18. The van der Waals surface area contributed by atoms with Gasteiger partial charge in [-0.05, 0) is 37.9 Å². The summed E-state index contributed by atoms with van der Waals surface area (Å²) in [7, 11) is 0. The molecule has 0 heterocycles. The van der Waals surface area contributed by atoms with Crippen LogP contribution in [0.4, 0.5) is 0 Å². The van der Waals surface area contributed by atoms with Gasteiger partial charge in [-0.15, -0.1) is 0 Å². The van der Waals surface area contributed by atoms with E-state index in [1.807, 2.05) is 25.1 Å². The highest BCUT2D eigenvalue weighted by Gasteiger charge is 2.10. The standard InChI is InChI=1S/C14H22ClNO/c1-3-16-13(9-10-17-4-2)11-12-7-5-6-8-14(12)15/h5-8,13,16H,3-4,9-11H2,1-2H3. The van der Waals surface area contributed by atoms with E-state index in [1.54, 1.807) is 0 Å². The zero-order chi connectivity index (χ0) is 12.5. The first kappa shape index (κ1) is 14.5. The van der Waals surface area contributed by atoms with Gasteiger partial charge in [0.1, 0.15) is 0 Å². The summed E-state index contributed by atoms with van der Waals surface area (Å²) in [5.41, 5.74) is 1.21. The second-order valence-corrected chi connectivity index (χ2v) is 4.44. The van der Waals surface area contributed by atoms with Crippen LogP contribution < -0.4 is 5.32 Å². The monoisotopic (exact) mass is 255 g/mol. The van der Waals surface area contributed by atoms with Crippen molar-refractivity contribution in [2.45, 2.75) is 32.7 Å². The van der Waals surface area contributed by atoms with E-state index in [2.05, 4.69) is 18.3 Å². The average molecular weight is 256 g/mol. The minimum atomic E-state index is 0.437. The fraction of sp³-hybridized carbons (Fsp3) is 0.571. The summed E-state index contributed by atoms with van der Waals surface area (Å²) in [5.74, 6) is 0. The number of hydrogen-bond acceptors (Lipinski definition) is 2. The van der Waals surface area contributed by atoms with Crippen molar-refractivity contribution in [3.63, 3.8) is 0 Å². The smallest absolute Gasteiger partial charge is 0.0480 e. The van der Waals surface area contributed by atoms with Crippen molar-refractivity contribution >= 4 is 11.6 Å². The number of ether oxygens (including phenoxy) is 1. The summed E-state index contributed by atoms with van der Waals surface area (Å²) >= 11 is 6.17. The van der Waals surface area contributed by atoms with E-state index in [0.717, 1.165) is 37.6 Å². The Morgan fingerprint density at radius 2 is 2.06 bits per heavy atom. The Hall–Kier alpha value is -0.570. The number of rotatable bonds is 8. The maximum atomic E-state index is 6.17. The largest absolute Gasteiger partial charge is 0.382 e. The van der Waals surface area contributed by atoms with Crippen molar-refractivity contribution < 1.29 is 4.74 Å². The molecule has 0 fully saturated rings. The molecule has 3 heteroatoms. The number of likely N-dealkylation sites (N-methyl/N-ethyl adjacent to an activating group) is 1. The van der Waals surface area contributed by atoms with Crippen LogP contribution in [-0.2, 0) is 11.2 Å². The van der Waals surface area contributed by atoms with Gasteiger partial charge < -0.3 is 10.1 Å². The Labute approximate surface area is 109 Å². The molecule has 0 aromatic heterocycles. The molecule has 1 N–H and O–H groups in total. The van der Waals surface area contributed by atoms with Crippen LogP contribution in [0.2, 0.25) is 5.02 Å². The first-order valence-electron chi connectivity index (χ1n) is 6.32. The van der Waals surface area contributed by atoms with Crippen LogP contribution in [0.15, 0.2) is 24.3 Å². The molecule has 1 aromatic rings. The van der Waals surface area contributed by atoms with Crippen LogP contribution >= 0.6 is 11.6 Å². The molecular formula is C14H22ClNO. The van der Waals surface area contributed by atoms with Gasteiger partial charge in [-0.1, -0.05) is 36.7 Å². The molecule has 1 aromatic carbocycles. The van der Waals surface area contributed by atoms with E-state index in [4.69, 9.17) is 16.3 Å². The highest BCUT2D eigenvalue weighted by atomic mass is 35.5. The van der Waals surface area contributed by atoms with E-state index in [9.17, 15) is 0 Å². The summed E-state index contributed by atoms with van der Waals surface area (Å²) in [6.07, 6.45) is 1.98. The predicted molar refractivity (Wildman–Crippen MR) is 73.7 cm³/mol. The Morgan fingerprint density at radius 1 is 1.29 bits per heavy atom. The fourth-order valence-electron chi connectivity index (χ4n) is 1.86. The molecule has 1 atom stereocenters. The molecular weight excluding hydrogens is 234 g/mol. The van der Waals surface area contributed by atoms with Crippen molar-refractivity contribution in [1.82, 2.24) is 5.32 Å². The van der Waals surface area contributed by atoms with Crippen LogP contribution in [0.5, 0.6) is 0 Å². The van der Waals surface area contributed by atoms with Gasteiger partial charge in [-0.2, -0.15) is 0 Å². The summed E-state index contributed by atoms with van der Waals surface area (Å²) < 4.78 is 5.41. The summed E-state index contributed by atoms with van der Waals surface area (Å²) in [5, 5.41) is 4.33. The van der Waals surface area contributed by atoms with E-state index < -0.39 is 0 Å². The van der Waals surface area contributed by atoms with Crippen LogP contribution in [0.3, 0.4) is 0 Å². The van der Waals surface area contributed by atoms with Gasteiger partial charge >= 0.3 is 0 Å². The topological polar surface area (TPSA) is 21.3 Å². The van der Waals surface area contributed by atoms with Gasteiger partial charge in [0.2, 0.25) is 0 Å². The quantitative estimate of drug-likeness (QED) is 0.720. The van der Waals surface area contributed by atoms with Crippen molar-refractivity contribution in [3.05, 3.63) is 34.9 Å². The maximum Gasteiger partial charge on any atom is 0.0480 e. The highest BCUT2D eigenvalue weighted by Crippen LogP contribution is 2.17. The number of hydrogen-bond donors (Lipinski definition) is 1. The molecule has 0 aliphatic heterocycles. The maximum absolute atomic E-state index is 6.17. The molecule has 2 nitrogen and oxygen atoms in total. The Morgan fingerprint density at radius 3 is 2.71 bits per heavy atom. The van der Waals surface area contributed by atoms with Crippen LogP contribution in [-0.4, -0.2) is 25.8 Å². The second-order valence-electron chi connectivity index (χ2n) is 4.04. The van der Waals surface area contributed by atoms with Gasteiger partial charge in [-0.25, -0.2) is 0 Å². The fourth-order valence-corrected chi connectivity index (χ4v) is 2.08. The minimum absolute atomic E-state index is 0.437. The molecule has 0 aliphatic carbocycles. The molecule has 0 aliphatic rings. The molecule has 96 valence electrons. The van der Waals surface area contributed by atoms with Gasteiger partial charge in [-0.3, -0.25) is 0 Å². The molecule has 0 spiro atoms. The lowest BCUT2D eigenvalue weighted by molar-refractivity contribution is 0.136. The zero-order valence-electron chi connectivity index (χ0n) is 10.7. The van der Waals surface area contributed by atoms with E-state index >= 15 is 0 Å². The third kappa shape index (κ3) is 5.53. The van der Waals surface area contributed by atoms with E-state index in [0.29, 0.717) is 6.04 Å². The van der Waals surface area contributed by atoms with Gasteiger partial charge in [0, 0.05) is 24.3 Å². The third-order valence-electron chi connectivity index (χ3n) is 2.73. The molecule has 0 saturated heterocycles. The molecule has 0 saturated carbocycles. The summed E-state index contributed by atoms with van der Waals surface area (Å²) in [6, 6.07) is 8.48. The van der Waals surface area contributed by atoms with Crippen molar-refractivity contribution in [1.29, 1.82) is 0 Å². The SMILES string of the molecule is CCNC(CCOCC)Cc1ccccc1Cl. The molecule has 1 rings (SSSR count). The number of nitrogens with one attached hydrogen (secondary N) is 1. The van der Waals surface area contributed by atoms with Crippen molar-refractivity contribution in [2.24, 2.45) is 0 Å². The van der Waals surface area contributed by atoms with Crippen LogP contribution in [0.1, 0.15) is 25.8 Å². The third-order valence-corrected chi connectivity index (χ3v) is 3.10. The van der Waals surface area contributed by atoms with E-state index in [-0.39, 0.29) is 0 Å². The first-order valence-corrected chi connectivity index (χ1v) is 6.70. The molecule has 0 amide bonds. The lowest BCUT2D eigenvalue weighted by atomic mass is 10.0. The Bertz CT molecular complexity index is 317. The predicted octanol–water partition coefficient (Wildman–Crippen LogP) is 3.29. The van der Waals surface area contributed by atoms with Crippen LogP contribution in [0, 0.1) is 0 Å². The Kier molecular flexibility index (Phi) is 7.25. The molecule has 17 heavy (non-hydrogen) atoms. The number of benzene rings is 1. The normalized spacial score (nSPS) is 12.6. The summed E-state index contributed by atoms with van der Waals surface area (Å²) in [6.45, 7) is 6.71. The van der Waals surface area contributed by atoms with E-state index in [1.165, 1.54) is 5.56 Å². The van der Waals surface area contributed by atoms with Gasteiger partial charge in [0.15, 0.2) is 0 Å². The van der Waals surface area contributed by atoms with Crippen molar-refractivity contribution in [2.75, 3.05) is 19.8 Å². The number of halogens is 1. The average Bonchev–Trinajstić information content (AvgIpc) is 2.32. The summed E-state index contributed by atoms with van der Waals surface area (Å²) in [4.78, 5) is 0.